The van der Waals surface area contributed by atoms with Crippen LogP contribution in [0.1, 0.15) is 24.0 Å². The molecule has 0 spiro atoms. The summed E-state index contributed by atoms with van der Waals surface area (Å²) in [6, 6.07) is 7.65. The molecule has 32 heavy (non-hydrogen) atoms. The first-order chi connectivity index (χ1) is 15.3. The molecule has 1 aliphatic rings. The monoisotopic (exact) mass is 437 g/mol. The molecule has 0 bridgehead atoms. The number of carbonyl (C=O) groups excluding carboxylic acids is 1. The molecular weight excluding hydrogens is 409 g/mol. The van der Waals surface area contributed by atoms with Gasteiger partial charge in [0, 0.05) is 45.1 Å². The number of amides is 2. The van der Waals surface area contributed by atoms with Crippen molar-refractivity contribution >= 4 is 17.5 Å². The SMILES string of the molecule is Cc1c(-c2ccnn2C)nnc(N2CCC(N(C)C(=O)Nc3ccc(F)cc3)CC2)c1C. The van der Waals surface area contributed by atoms with E-state index in [1.807, 2.05) is 13.1 Å². The van der Waals surface area contributed by atoms with Gasteiger partial charge in [-0.1, -0.05) is 0 Å². The van der Waals surface area contributed by atoms with Gasteiger partial charge in [-0.15, -0.1) is 10.2 Å². The number of hydrogen-bond donors (Lipinski definition) is 1. The van der Waals surface area contributed by atoms with Crippen LogP contribution in [0.25, 0.3) is 11.4 Å². The molecule has 0 aliphatic carbocycles. The zero-order valence-corrected chi connectivity index (χ0v) is 18.8. The summed E-state index contributed by atoms with van der Waals surface area (Å²) in [5.74, 6) is 0.566. The normalized spacial score (nSPS) is 14.5. The third kappa shape index (κ3) is 4.28. The molecule has 2 amide bonds. The number of benzene rings is 1. The molecule has 1 aliphatic heterocycles. The van der Waals surface area contributed by atoms with Crippen molar-refractivity contribution < 1.29 is 9.18 Å². The van der Waals surface area contributed by atoms with Gasteiger partial charge in [0.2, 0.25) is 0 Å². The predicted molar refractivity (Wildman–Crippen MR) is 122 cm³/mol. The van der Waals surface area contributed by atoms with E-state index < -0.39 is 0 Å². The third-order valence-corrected chi connectivity index (χ3v) is 6.29. The maximum absolute atomic E-state index is 13.1. The van der Waals surface area contributed by atoms with Gasteiger partial charge in [0.05, 0.1) is 5.69 Å². The lowest BCUT2D eigenvalue weighted by Crippen LogP contribution is -2.47. The minimum atomic E-state index is -0.328. The number of halogens is 1. The minimum Gasteiger partial charge on any atom is -0.355 e. The van der Waals surface area contributed by atoms with Crippen molar-refractivity contribution in [3.63, 3.8) is 0 Å². The molecule has 0 radical (unpaired) electrons. The molecule has 3 heterocycles. The van der Waals surface area contributed by atoms with Crippen LogP contribution in [0.2, 0.25) is 0 Å². The van der Waals surface area contributed by atoms with Crippen LogP contribution in [0, 0.1) is 19.7 Å². The van der Waals surface area contributed by atoms with Gasteiger partial charge in [0.25, 0.3) is 0 Å². The van der Waals surface area contributed by atoms with Gasteiger partial charge < -0.3 is 15.1 Å². The van der Waals surface area contributed by atoms with E-state index >= 15 is 0 Å². The maximum atomic E-state index is 13.1. The van der Waals surface area contributed by atoms with E-state index in [0.29, 0.717) is 5.69 Å². The van der Waals surface area contributed by atoms with Gasteiger partial charge in [-0.2, -0.15) is 5.10 Å². The third-order valence-electron chi connectivity index (χ3n) is 6.29. The van der Waals surface area contributed by atoms with E-state index in [4.69, 9.17) is 0 Å². The molecule has 2 aromatic heterocycles. The molecule has 3 aromatic rings. The number of rotatable bonds is 4. The summed E-state index contributed by atoms with van der Waals surface area (Å²) in [6.07, 6.45) is 3.42. The number of anilines is 2. The molecule has 0 unspecified atom stereocenters. The number of hydrogen-bond acceptors (Lipinski definition) is 5. The largest absolute Gasteiger partial charge is 0.355 e. The summed E-state index contributed by atoms with van der Waals surface area (Å²) in [5, 5.41) is 16.1. The van der Waals surface area contributed by atoms with Gasteiger partial charge in [-0.3, -0.25) is 4.68 Å². The van der Waals surface area contributed by atoms with Crippen LogP contribution >= 0.6 is 0 Å². The highest BCUT2D eigenvalue weighted by molar-refractivity contribution is 5.89. The molecule has 4 rings (SSSR count). The minimum absolute atomic E-state index is 0.120. The molecule has 9 heteroatoms. The molecule has 0 saturated carbocycles. The van der Waals surface area contributed by atoms with Gasteiger partial charge in [0.15, 0.2) is 5.82 Å². The fourth-order valence-corrected chi connectivity index (χ4v) is 4.12. The van der Waals surface area contributed by atoms with Crippen molar-refractivity contribution in [3.8, 4) is 11.4 Å². The number of nitrogens with zero attached hydrogens (tertiary/aromatic N) is 6. The highest BCUT2D eigenvalue weighted by atomic mass is 19.1. The number of piperidine rings is 1. The molecular formula is C23H28FN7O. The Morgan fingerprint density at radius 2 is 1.78 bits per heavy atom. The molecule has 1 saturated heterocycles. The Kier molecular flexibility index (Phi) is 6.07. The average Bonchev–Trinajstić information content (AvgIpc) is 3.22. The molecule has 8 nitrogen and oxygen atoms in total. The van der Waals surface area contributed by atoms with Gasteiger partial charge in [0.1, 0.15) is 11.5 Å². The maximum Gasteiger partial charge on any atom is 0.321 e. The Balaban J connectivity index is 1.40. The topological polar surface area (TPSA) is 79.2 Å². The first-order valence-electron chi connectivity index (χ1n) is 10.7. The Morgan fingerprint density at radius 3 is 2.41 bits per heavy atom. The zero-order valence-electron chi connectivity index (χ0n) is 18.8. The van der Waals surface area contributed by atoms with Crippen molar-refractivity contribution in [1.82, 2.24) is 24.9 Å². The number of urea groups is 1. The molecule has 1 aromatic carbocycles. The van der Waals surface area contributed by atoms with Crippen molar-refractivity contribution in [2.45, 2.75) is 32.7 Å². The van der Waals surface area contributed by atoms with Crippen molar-refractivity contribution in [1.29, 1.82) is 0 Å². The molecule has 0 atom stereocenters. The summed E-state index contributed by atoms with van der Waals surface area (Å²) < 4.78 is 14.9. The molecule has 1 N–H and O–H groups in total. The standard InChI is InChI=1S/C23H28FN7O/c1-15-16(2)22(28-27-21(15)20-9-12-25-30(20)4)31-13-10-19(11-14-31)29(3)23(32)26-18-7-5-17(24)6-8-18/h5-9,12,19H,10-11,13-14H2,1-4H3,(H,26,32). The van der Waals surface area contributed by atoms with E-state index in [2.05, 4.69) is 39.4 Å². The van der Waals surface area contributed by atoms with Crippen LogP contribution in [0.5, 0.6) is 0 Å². The summed E-state index contributed by atoms with van der Waals surface area (Å²) in [4.78, 5) is 16.6. The Labute approximate surface area is 187 Å². The quantitative estimate of drug-likeness (QED) is 0.672. The second-order valence-electron chi connectivity index (χ2n) is 8.23. The lowest BCUT2D eigenvalue weighted by Gasteiger charge is -2.37. The highest BCUT2D eigenvalue weighted by Gasteiger charge is 2.27. The van der Waals surface area contributed by atoms with E-state index in [1.165, 1.54) is 12.1 Å². The van der Waals surface area contributed by atoms with Crippen molar-refractivity contribution in [3.05, 3.63) is 53.5 Å². The van der Waals surface area contributed by atoms with Gasteiger partial charge in [-0.05, 0) is 68.1 Å². The van der Waals surface area contributed by atoms with Gasteiger partial charge >= 0.3 is 6.03 Å². The fraction of sp³-hybridized carbons (Fsp3) is 0.391. The van der Waals surface area contributed by atoms with E-state index in [0.717, 1.165) is 54.3 Å². The summed E-state index contributed by atoms with van der Waals surface area (Å²) in [6.45, 7) is 5.72. The second-order valence-corrected chi connectivity index (χ2v) is 8.23. The van der Waals surface area contributed by atoms with E-state index in [1.54, 1.807) is 35.0 Å². The van der Waals surface area contributed by atoms with Crippen molar-refractivity contribution in [2.75, 3.05) is 30.4 Å². The smallest absolute Gasteiger partial charge is 0.321 e. The first-order valence-corrected chi connectivity index (χ1v) is 10.7. The number of nitrogens with one attached hydrogen (secondary N) is 1. The van der Waals surface area contributed by atoms with Crippen LogP contribution in [0.15, 0.2) is 36.5 Å². The number of aryl methyl sites for hydroxylation is 1. The average molecular weight is 438 g/mol. The van der Waals surface area contributed by atoms with Crippen LogP contribution in [-0.2, 0) is 7.05 Å². The summed E-state index contributed by atoms with van der Waals surface area (Å²) >= 11 is 0. The van der Waals surface area contributed by atoms with Gasteiger partial charge in [-0.25, -0.2) is 9.18 Å². The summed E-state index contributed by atoms with van der Waals surface area (Å²) in [7, 11) is 3.70. The Hall–Kier alpha value is -3.49. The molecule has 1 fully saturated rings. The molecule has 168 valence electrons. The van der Waals surface area contributed by atoms with E-state index in [-0.39, 0.29) is 17.9 Å². The zero-order chi connectivity index (χ0) is 22.8. The van der Waals surface area contributed by atoms with Crippen LogP contribution in [0.3, 0.4) is 0 Å². The first kappa shape index (κ1) is 21.7. The van der Waals surface area contributed by atoms with Crippen LogP contribution in [-0.4, -0.2) is 57.1 Å². The van der Waals surface area contributed by atoms with Crippen LogP contribution < -0.4 is 10.2 Å². The van der Waals surface area contributed by atoms with E-state index in [9.17, 15) is 9.18 Å². The second kappa shape index (κ2) is 8.94. The fourth-order valence-electron chi connectivity index (χ4n) is 4.12. The van der Waals surface area contributed by atoms with Crippen molar-refractivity contribution in [2.24, 2.45) is 7.05 Å². The van der Waals surface area contributed by atoms with Crippen LogP contribution in [0.4, 0.5) is 20.7 Å². The Morgan fingerprint density at radius 1 is 1.09 bits per heavy atom. The predicted octanol–water partition coefficient (Wildman–Crippen LogP) is 3.77. The lowest BCUT2D eigenvalue weighted by molar-refractivity contribution is 0.193. The Bertz CT molecular complexity index is 1100. The number of carbonyl (C=O) groups is 1. The number of aromatic nitrogens is 4. The highest BCUT2D eigenvalue weighted by Crippen LogP contribution is 2.29. The summed E-state index contributed by atoms with van der Waals surface area (Å²) in [5.41, 5.74) is 4.57. The lowest BCUT2D eigenvalue weighted by atomic mass is 10.0.